The number of alkyl halides is 2. The van der Waals surface area contributed by atoms with Crippen LogP contribution in [0.2, 0.25) is 0 Å². The molecular weight excluding hydrogens is 440 g/mol. The van der Waals surface area contributed by atoms with Gasteiger partial charge < -0.3 is 14.4 Å². The predicted octanol–water partition coefficient (Wildman–Crippen LogP) is 1.22. The quantitative estimate of drug-likeness (QED) is 0.439. The molecule has 1 amide bonds. The fourth-order valence-corrected chi connectivity index (χ4v) is 5.83. The summed E-state index contributed by atoms with van der Waals surface area (Å²) in [5.74, 6) is -4.83. The molecule has 4 aliphatic rings. The van der Waals surface area contributed by atoms with E-state index >= 15 is 0 Å². The first-order valence-corrected chi connectivity index (χ1v) is 11.8. The lowest BCUT2D eigenvalue weighted by molar-refractivity contribution is -0.170. The fourth-order valence-electron chi connectivity index (χ4n) is 5.63. The average Bonchev–Trinajstić information content (AvgIpc) is 3.19. The van der Waals surface area contributed by atoms with Crippen LogP contribution in [0.3, 0.4) is 0 Å². The molecule has 0 radical (unpaired) electrons. The molecule has 1 saturated heterocycles. The molecule has 31 heavy (non-hydrogen) atoms. The highest BCUT2D eigenvalue weighted by Gasteiger charge is 2.71. The maximum Gasteiger partial charge on any atom is 0.402 e. The molecule has 12 heteroatoms. The van der Waals surface area contributed by atoms with Crippen LogP contribution in [-0.2, 0) is 34.0 Å². The Morgan fingerprint density at radius 1 is 1.23 bits per heavy atom. The van der Waals surface area contributed by atoms with Gasteiger partial charge in [-0.1, -0.05) is 6.42 Å². The Morgan fingerprint density at radius 2 is 1.87 bits per heavy atom. The van der Waals surface area contributed by atoms with Gasteiger partial charge in [0.15, 0.2) is 6.61 Å². The van der Waals surface area contributed by atoms with Gasteiger partial charge in [-0.3, -0.25) is 18.9 Å². The van der Waals surface area contributed by atoms with Crippen molar-refractivity contribution in [3.05, 3.63) is 0 Å². The Labute approximate surface area is 178 Å². The van der Waals surface area contributed by atoms with Gasteiger partial charge in [-0.2, -0.15) is 17.2 Å². The average molecular weight is 465 g/mol. The molecule has 0 aromatic rings. The Hall–Kier alpha value is -1.82. The van der Waals surface area contributed by atoms with Crippen LogP contribution in [0.4, 0.5) is 8.78 Å². The standard InChI is InChI=1S/C19H25F2NO8S/c1-8(2)22-14-10-6-11(15(14)30-17(24)9-4-3-5-9)13(12(10)16(22)23)18(25)29-7-19(20,21)31(26,27)28/h8-15H,3-7H2,1-2H3,(H,26,27,28). The van der Waals surface area contributed by atoms with Gasteiger partial charge in [-0.25, -0.2) is 0 Å². The summed E-state index contributed by atoms with van der Waals surface area (Å²) in [6.45, 7) is 1.75. The molecule has 1 aliphatic heterocycles. The Bertz CT molecular complexity index is 903. The molecule has 1 heterocycles. The third-order valence-corrected chi connectivity index (χ3v) is 8.06. The molecule has 4 rings (SSSR count). The number of amides is 1. The molecular formula is C19H25F2NO8S. The number of likely N-dealkylation sites (tertiary alicyclic amines) is 1. The van der Waals surface area contributed by atoms with Gasteiger partial charge in [-0.05, 0) is 39.0 Å². The van der Waals surface area contributed by atoms with E-state index in [9.17, 15) is 31.6 Å². The van der Waals surface area contributed by atoms with E-state index in [0.717, 1.165) is 19.3 Å². The van der Waals surface area contributed by atoms with Crippen molar-refractivity contribution in [2.24, 2.45) is 29.6 Å². The first-order chi connectivity index (χ1) is 14.3. The third-order valence-electron chi connectivity index (χ3n) is 7.19. The minimum Gasteiger partial charge on any atom is -0.460 e. The molecule has 9 nitrogen and oxygen atoms in total. The Morgan fingerprint density at radius 3 is 2.39 bits per heavy atom. The van der Waals surface area contributed by atoms with Gasteiger partial charge in [0, 0.05) is 12.0 Å². The van der Waals surface area contributed by atoms with Crippen LogP contribution in [0.15, 0.2) is 0 Å². The number of carbonyl (C=O) groups excluding carboxylic acids is 3. The lowest BCUT2D eigenvalue weighted by Gasteiger charge is -2.37. The van der Waals surface area contributed by atoms with Crippen molar-refractivity contribution in [2.75, 3.05) is 6.61 Å². The van der Waals surface area contributed by atoms with Crippen molar-refractivity contribution in [3.8, 4) is 0 Å². The maximum atomic E-state index is 13.5. The third kappa shape index (κ3) is 3.42. The molecule has 6 unspecified atom stereocenters. The van der Waals surface area contributed by atoms with E-state index in [-0.39, 0.29) is 35.8 Å². The predicted molar refractivity (Wildman–Crippen MR) is 99.0 cm³/mol. The molecule has 0 aromatic heterocycles. The summed E-state index contributed by atoms with van der Waals surface area (Å²) in [6, 6.07) is -0.595. The molecule has 0 spiro atoms. The van der Waals surface area contributed by atoms with Gasteiger partial charge in [0.05, 0.1) is 23.8 Å². The van der Waals surface area contributed by atoms with E-state index in [4.69, 9.17) is 9.29 Å². The minimum absolute atomic E-state index is 0.210. The fraction of sp³-hybridized carbons (Fsp3) is 0.842. The van der Waals surface area contributed by atoms with E-state index in [2.05, 4.69) is 4.74 Å². The number of halogens is 2. The van der Waals surface area contributed by atoms with Crippen molar-refractivity contribution >= 4 is 28.0 Å². The smallest absolute Gasteiger partial charge is 0.402 e. The van der Waals surface area contributed by atoms with Crippen LogP contribution in [-0.4, -0.2) is 65.8 Å². The van der Waals surface area contributed by atoms with Crippen molar-refractivity contribution in [2.45, 2.75) is 63.0 Å². The zero-order valence-electron chi connectivity index (χ0n) is 17.1. The Kier molecular flexibility index (Phi) is 5.31. The summed E-state index contributed by atoms with van der Waals surface area (Å²) < 4.78 is 67.5. The van der Waals surface area contributed by atoms with Crippen LogP contribution >= 0.6 is 0 Å². The van der Waals surface area contributed by atoms with Crippen molar-refractivity contribution in [1.82, 2.24) is 4.90 Å². The molecule has 6 atom stereocenters. The second-order valence-corrected chi connectivity index (χ2v) is 10.7. The van der Waals surface area contributed by atoms with E-state index < -0.39 is 51.8 Å². The second kappa shape index (κ2) is 7.36. The summed E-state index contributed by atoms with van der Waals surface area (Å²) in [5, 5.41) is -4.66. The van der Waals surface area contributed by atoms with Crippen molar-refractivity contribution < 1.29 is 45.6 Å². The lowest BCUT2D eigenvalue weighted by Crippen LogP contribution is -2.49. The summed E-state index contributed by atoms with van der Waals surface area (Å²) >= 11 is 0. The number of fused-ring (bicyclic) bond motifs is 1. The number of carbonyl (C=O) groups is 3. The maximum absolute atomic E-state index is 13.5. The van der Waals surface area contributed by atoms with Crippen molar-refractivity contribution in [1.29, 1.82) is 0 Å². The number of esters is 2. The van der Waals surface area contributed by atoms with Crippen LogP contribution in [0.1, 0.15) is 39.5 Å². The second-order valence-electron chi connectivity index (χ2n) is 9.19. The van der Waals surface area contributed by atoms with E-state index in [1.807, 2.05) is 0 Å². The van der Waals surface area contributed by atoms with Gasteiger partial charge in [-0.15, -0.1) is 0 Å². The van der Waals surface area contributed by atoms with Crippen molar-refractivity contribution in [3.63, 3.8) is 0 Å². The summed E-state index contributed by atoms with van der Waals surface area (Å²) in [4.78, 5) is 39.9. The molecule has 174 valence electrons. The van der Waals surface area contributed by atoms with Gasteiger partial charge in [0.25, 0.3) is 0 Å². The zero-order valence-corrected chi connectivity index (χ0v) is 17.9. The lowest BCUT2D eigenvalue weighted by atomic mass is 9.78. The van der Waals surface area contributed by atoms with Crippen LogP contribution in [0.25, 0.3) is 0 Å². The number of rotatable bonds is 7. The highest BCUT2D eigenvalue weighted by molar-refractivity contribution is 7.86. The number of nitrogens with zero attached hydrogens (tertiary/aromatic N) is 1. The van der Waals surface area contributed by atoms with Gasteiger partial charge in [0.1, 0.15) is 6.10 Å². The molecule has 0 aromatic carbocycles. The molecule has 3 saturated carbocycles. The minimum atomic E-state index is -5.76. The zero-order chi connectivity index (χ0) is 22.9. The summed E-state index contributed by atoms with van der Waals surface area (Å²) in [5.41, 5.74) is 0. The topological polar surface area (TPSA) is 127 Å². The normalized spacial score (nSPS) is 34.9. The van der Waals surface area contributed by atoms with E-state index in [1.54, 1.807) is 18.7 Å². The van der Waals surface area contributed by atoms with Gasteiger partial charge in [0.2, 0.25) is 5.91 Å². The largest absolute Gasteiger partial charge is 0.460 e. The van der Waals surface area contributed by atoms with Crippen LogP contribution in [0.5, 0.6) is 0 Å². The number of hydrogen-bond acceptors (Lipinski definition) is 7. The summed E-state index contributed by atoms with van der Waals surface area (Å²) in [7, 11) is -5.76. The molecule has 1 N–H and O–H groups in total. The SMILES string of the molecule is CC(C)N1C(=O)C2C3CC(C(OC(=O)C4CCC4)C31)C2C(=O)OCC(F)(F)S(=O)(=O)O. The first kappa shape index (κ1) is 22.4. The molecule has 4 fully saturated rings. The van der Waals surface area contributed by atoms with Crippen LogP contribution in [0, 0.1) is 29.6 Å². The van der Waals surface area contributed by atoms with Gasteiger partial charge >= 0.3 is 27.3 Å². The van der Waals surface area contributed by atoms with E-state index in [1.165, 1.54) is 0 Å². The first-order valence-electron chi connectivity index (χ1n) is 10.4. The molecule has 3 aliphatic carbocycles. The molecule has 2 bridgehead atoms. The van der Waals surface area contributed by atoms with E-state index in [0.29, 0.717) is 6.42 Å². The highest BCUT2D eigenvalue weighted by Crippen LogP contribution is 2.60. The monoisotopic (exact) mass is 465 g/mol. The van der Waals surface area contributed by atoms with Crippen LogP contribution < -0.4 is 0 Å². The number of ether oxygens (including phenoxy) is 2. The highest BCUT2D eigenvalue weighted by atomic mass is 32.2. The number of hydrogen-bond donors (Lipinski definition) is 1. The summed E-state index contributed by atoms with van der Waals surface area (Å²) in [6.07, 6.45) is 2.02. The Balaban J connectivity index is 1.57.